The third-order valence-electron chi connectivity index (χ3n) is 5.25. The number of aromatic amines is 1. The minimum Gasteiger partial charge on any atom is -0.486 e. The number of hydrogen-bond acceptors (Lipinski definition) is 5. The van der Waals surface area contributed by atoms with E-state index in [1.54, 1.807) is 0 Å². The fourth-order valence-corrected chi connectivity index (χ4v) is 3.70. The summed E-state index contributed by atoms with van der Waals surface area (Å²) >= 11 is 5.67. The van der Waals surface area contributed by atoms with Crippen molar-refractivity contribution >= 4 is 28.2 Å². The molecule has 1 aromatic carbocycles. The summed E-state index contributed by atoms with van der Waals surface area (Å²) in [6.07, 6.45) is 1.94. The molecule has 0 spiro atoms. The fraction of sp³-hybridized carbons (Fsp3) is 0.545. The average molecular weight is 433 g/mol. The molecule has 2 heterocycles. The number of benzene rings is 1. The van der Waals surface area contributed by atoms with Crippen LogP contribution in [0.1, 0.15) is 32.3 Å². The smallest absolute Gasteiger partial charge is 0.253 e. The van der Waals surface area contributed by atoms with Crippen molar-refractivity contribution in [3.05, 3.63) is 34.1 Å². The molecule has 1 aliphatic heterocycles. The van der Waals surface area contributed by atoms with E-state index < -0.39 is 0 Å². The molecular weight excluding hydrogens is 400 g/mol. The van der Waals surface area contributed by atoms with Gasteiger partial charge in [-0.05, 0) is 64.8 Å². The number of nitrogens with zero attached hydrogens (tertiary/aromatic N) is 2. The quantitative estimate of drug-likeness (QED) is 0.622. The lowest BCUT2D eigenvalue weighted by molar-refractivity contribution is 0.172. The molecule has 2 N–H and O–H groups in total. The second-order valence-electron chi connectivity index (χ2n) is 8.04. The third kappa shape index (κ3) is 5.64. The van der Waals surface area contributed by atoms with E-state index in [2.05, 4.69) is 48.0 Å². The van der Waals surface area contributed by atoms with Crippen LogP contribution in [0.5, 0.6) is 11.5 Å². The number of aromatic nitrogens is 1. The molecule has 0 saturated carbocycles. The summed E-state index contributed by atoms with van der Waals surface area (Å²) in [5.41, 5.74) is 1.31. The molecule has 0 fully saturated rings. The van der Waals surface area contributed by atoms with Gasteiger partial charge in [-0.15, -0.1) is 0 Å². The predicted octanol–water partition coefficient (Wildman–Crippen LogP) is 2.73. The van der Waals surface area contributed by atoms with Crippen molar-refractivity contribution in [2.75, 3.05) is 40.4 Å². The molecule has 8 heteroatoms. The first-order chi connectivity index (χ1) is 14.4. The Morgan fingerprint density at radius 3 is 2.57 bits per heavy atom. The van der Waals surface area contributed by atoms with E-state index >= 15 is 0 Å². The summed E-state index contributed by atoms with van der Waals surface area (Å²) in [5.74, 6) is 1.38. The van der Waals surface area contributed by atoms with Gasteiger partial charge in [0, 0.05) is 29.6 Å². The molecule has 1 aromatic heterocycles. The van der Waals surface area contributed by atoms with Gasteiger partial charge < -0.3 is 29.6 Å². The first kappa shape index (κ1) is 22.4. The summed E-state index contributed by atoms with van der Waals surface area (Å²) in [7, 11) is 4.11. The third-order valence-corrected chi connectivity index (χ3v) is 5.62. The number of ether oxygens (including phenoxy) is 2. The van der Waals surface area contributed by atoms with Crippen LogP contribution in [0, 0.1) is 0 Å². The lowest BCUT2D eigenvalue weighted by Crippen LogP contribution is -2.44. The van der Waals surface area contributed by atoms with Crippen molar-refractivity contribution in [1.82, 2.24) is 20.1 Å². The van der Waals surface area contributed by atoms with Gasteiger partial charge in [0.05, 0.1) is 12.1 Å². The zero-order valence-electron chi connectivity index (χ0n) is 18.3. The van der Waals surface area contributed by atoms with Crippen molar-refractivity contribution < 1.29 is 9.47 Å². The summed E-state index contributed by atoms with van der Waals surface area (Å²) < 4.78 is 11.3. The van der Waals surface area contributed by atoms with Crippen LogP contribution in [-0.4, -0.2) is 66.3 Å². The van der Waals surface area contributed by atoms with E-state index in [1.165, 1.54) is 0 Å². The molecule has 1 atom stereocenters. The molecule has 1 unspecified atom stereocenters. The zero-order chi connectivity index (χ0) is 21.7. The van der Waals surface area contributed by atoms with Crippen LogP contribution < -0.4 is 20.3 Å². The van der Waals surface area contributed by atoms with Gasteiger partial charge in [-0.3, -0.25) is 4.79 Å². The Morgan fingerprint density at radius 1 is 1.20 bits per heavy atom. The normalized spacial score (nSPS) is 14.0. The molecule has 30 heavy (non-hydrogen) atoms. The average Bonchev–Trinajstić information content (AvgIpc) is 2.71. The number of H-pyrrole nitrogens is 1. The zero-order valence-corrected chi connectivity index (χ0v) is 19.1. The molecule has 0 amide bonds. The predicted molar refractivity (Wildman–Crippen MR) is 125 cm³/mol. The Balaban J connectivity index is 1.85. The standard InChI is InChI=1S/C22H32N4O3S/c1-5-15(2)23-22(30)26(8-6-7-25(3)4)14-17-11-16-12-19-20(29-10-9-28-19)13-18(16)24-21(17)27/h11-13,15H,5-10,14H2,1-4H3,(H,23,30)(H,24,27). The lowest BCUT2D eigenvalue weighted by Gasteiger charge is -2.28. The highest BCUT2D eigenvalue weighted by Gasteiger charge is 2.17. The highest BCUT2D eigenvalue weighted by Crippen LogP contribution is 2.33. The lowest BCUT2D eigenvalue weighted by atomic mass is 10.1. The maximum absolute atomic E-state index is 12.8. The number of fused-ring (bicyclic) bond motifs is 2. The molecule has 2 aromatic rings. The Morgan fingerprint density at radius 2 is 1.90 bits per heavy atom. The minimum absolute atomic E-state index is 0.108. The van der Waals surface area contributed by atoms with Gasteiger partial charge in [0.25, 0.3) is 5.56 Å². The summed E-state index contributed by atoms with van der Waals surface area (Å²) in [4.78, 5) is 20.0. The van der Waals surface area contributed by atoms with E-state index in [9.17, 15) is 4.79 Å². The van der Waals surface area contributed by atoms with Crippen LogP contribution in [0.4, 0.5) is 0 Å². The van der Waals surface area contributed by atoms with E-state index in [4.69, 9.17) is 21.7 Å². The molecule has 0 aliphatic carbocycles. The highest BCUT2D eigenvalue weighted by molar-refractivity contribution is 7.80. The van der Waals surface area contributed by atoms with Crippen LogP contribution in [0.2, 0.25) is 0 Å². The van der Waals surface area contributed by atoms with Gasteiger partial charge in [0.2, 0.25) is 0 Å². The van der Waals surface area contributed by atoms with Gasteiger partial charge in [-0.25, -0.2) is 0 Å². The van der Waals surface area contributed by atoms with Gasteiger partial charge in [-0.2, -0.15) is 0 Å². The molecule has 0 radical (unpaired) electrons. The maximum Gasteiger partial charge on any atom is 0.253 e. The Labute approximate surface area is 183 Å². The van der Waals surface area contributed by atoms with Crippen LogP contribution in [0.25, 0.3) is 10.9 Å². The number of thiocarbonyl (C=S) groups is 1. The van der Waals surface area contributed by atoms with Crippen molar-refractivity contribution in [1.29, 1.82) is 0 Å². The van der Waals surface area contributed by atoms with Gasteiger partial charge in [-0.1, -0.05) is 6.92 Å². The summed E-state index contributed by atoms with van der Waals surface area (Å²) in [6.45, 7) is 7.47. The molecule has 3 rings (SSSR count). The first-order valence-electron chi connectivity index (χ1n) is 10.5. The van der Waals surface area contributed by atoms with Crippen LogP contribution in [0.15, 0.2) is 23.0 Å². The van der Waals surface area contributed by atoms with E-state index in [1.807, 2.05) is 18.2 Å². The molecule has 7 nitrogen and oxygen atoms in total. The topological polar surface area (TPSA) is 69.8 Å². The number of pyridine rings is 1. The molecular formula is C22H32N4O3S. The largest absolute Gasteiger partial charge is 0.486 e. The second-order valence-corrected chi connectivity index (χ2v) is 8.43. The van der Waals surface area contributed by atoms with Crippen molar-refractivity contribution in [3.8, 4) is 11.5 Å². The van der Waals surface area contributed by atoms with Crippen molar-refractivity contribution in [3.63, 3.8) is 0 Å². The van der Waals surface area contributed by atoms with Gasteiger partial charge in [0.15, 0.2) is 16.6 Å². The Kier molecular flexibility index (Phi) is 7.55. The van der Waals surface area contributed by atoms with Gasteiger partial charge >= 0.3 is 0 Å². The molecule has 0 saturated heterocycles. The molecule has 0 bridgehead atoms. The molecule has 1 aliphatic rings. The van der Waals surface area contributed by atoms with Crippen LogP contribution >= 0.6 is 12.2 Å². The van der Waals surface area contributed by atoms with E-state index in [0.717, 1.165) is 36.8 Å². The molecule has 164 valence electrons. The van der Waals surface area contributed by atoms with Gasteiger partial charge in [0.1, 0.15) is 13.2 Å². The Hall–Kier alpha value is -2.32. The van der Waals surface area contributed by atoms with Crippen molar-refractivity contribution in [2.45, 2.75) is 39.3 Å². The first-order valence-corrected chi connectivity index (χ1v) is 10.9. The van der Waals surface area contributed by atoms with E-state index in [-0.39, 0.29) is 11.6 Å². The van der Waals surface area contributed by atoms with E-state index in [0.29, 0.717) is 41.9 Å². The fourth-order valence-electron chi connectivity index (χ4n) is 3.35. The SMILES string of the molecule is CCC(C)NC(=S)N(CCCN(C)C)Cc1cc2cc3c(cc2[nH]c1=O)OCCO3. The number of nitrogens with one attached hydrogen (secondary N) is 2. The van der Waals surface area contributed by atoms with Crippen LogP contribution in [0.3, 0.4) is 0 Å². The van der Waals surface area contributed by atoms with Crippen LogP contribution in [-0.2, 0) is 6.54 Å². The Bertz CT molecular complexity index is 944. The highest BCUT2D eigenvalue weighted by atomic mass is 32.1. The monoisotopic (exact) mass is 432 g/mol. The second kappa shape index (κ2) is 10.1. The maximum atomic E-state index is 12.8. The summed E-state index contributed by atoms with van der Waals surface area (Å²) in [6, 6.07) is 5.97. The number of rotatable bonds is 8. The van der Waals surface area contributed by atoms with Crippen molar-refractivity contribution in [2.24, 2.45) is 0 Å². The number of hydrogen-bond donors (Lipinski definition) is 2. The summed E-state index contributed by atoms with van der Waals surface area (Å²) in [5, 5.41) is 4.98. The minimum atomic E-state index is -0.108.